The van der Waals surface area contributed by atoms with Crippen molar-refractivity contribution in [2.45, 2.75) is 26.7 Å². The summed E-state index contributed by atoms with van der Waals surface area (Å²) >= 11 is 5.95. The molecule has 0 saturated carbocycles. The number of imide groups is 1. The van der Waals surface area contributed by atoms with Gasteiger partial charge in [-0.1, -0.05) is 25.4 Å². The first-order valence-electron chi connectivity index (χ1n) is 8.50. The number of fused-ring (bicyclic) bond motifs is 1. The minimum atomic E-state index is -0.680. The summed E-state index contributed by atoms with van der Waals surface area (Å²) in [5.74, 6) is -0.612. The van der Waals surface area contributed by atoms with Crippen molar-refractivity contribution in [3.8, 4) is 5.75 Å². The molecule has 142 valence electrons. The smallest absolute Gasteiger partial charge is 0.321 e. The number of carbonyl (C=O) groups is 3. The third-order valence-corrected chi connectivity index (χ3v) is 4.10. The standard InChI is InChI=1S/C18H23ClN2O5/c1-11(2)5-6-20-18(24)21-16(22)10-26-17(23)13-7-12-8-14(19)3-4-15(12)25-9-13/h3-4,8,11,13H,5-7,9-10H2,1-2H3,(H2,20,21,22,24)/t13-/m1/s1. The zero-order valence-electron chi connectivity index (χ0n) is 14.8. The van der Waals surface area contributed by atoms with Gasteiger partial charge in [0, 0.05) is 11.6 Å². The number of amides is 3. The molecule has 0 saturated heterocycles. The molecule has 0 aromatic heterocycles. The predicted molar refractivity (Wildman–Crippen MR) is 96.1 cm³/mol. The average Bonchev–Trinajstić information content (AvgIpc) is 2.58. The Morgan fingerprint density at radius 3 is 2.85 bits per heavy atom. The van der Waals surface area contributed by atoms with Crippen LogP contribution < -0.4 is 15.4 Å². The Kier molecular flexibility index (Phi) is 7.26. The van der Waals surface area contributed by atoms with Gasteiger partial charge < -0.3 is 14.8 Å². The molecule has 0 fully saturated rings. The molecular formula is C18H23ClN2O5. The van der Waals surface area contributed by atoms with Crippen molar-refractivity contribution in [2.24, 2.45) is 11.8 Å². The summed E-state index contributed by atoms with van der Waals surface area (Å²) in [5, 5.41) is 5.25. The fourth-order valence-electron chi connectivity index (χ4n) is 2.45. The van der Waals surface area contributed by atoms with Crippen LogP contribution in [0.3, 0.4) is 0 Å². The second-order valence-electron chi connectivity index (χ2n) is 6.56. The van der Waals surface area contributed by atoms with E-state index in [0.717, 1.165) is 12.0 Å². The van der Waals surface area contributed by atoms with Crippen molar-refractivity contribution in [3.05, 3.63) is 28.8 Å². The highest BCUT2D eigenvalue weighted by Gasteiger charge is 2.28. The van der Waals surface area contributed by atoms with Gasteiger partial charge in [-0.05, 0) is 42.5 Å². The van der Waals surface area contributed by atoms with E-state index in [4.69, 9.17) is 21.1 Å². The van der Waals surface area contributed by atoms with Crippen LogP contribution in [0.25, 0.3) is 0 Å². The van der Waals surface area contributed by atoms with E-state index in [1.165, 1.54) is 0 Å². The average molecular weight is 383 g/mol. The molecule has 1 aromatic carbocycles. The van der Waals surface area contributed by atoms with Crippen LogP contribution in [-0.4, -0.2) is 37.7 Å². The van der Waals surface area contributed by atoms with Gasteiger partial charge >= 0.3 is 12.0 Å². The molecule has 2 N–H and O–H groups in total. The van der Waals surface area contributed by atoms with E-state index in [1.54, 1.807) is 18.2 Å². The molecule has 26 heavy (non-hydrogen) atoms. The second kappa shape index (κ2) is 9.43. The van der Waals surface area contributed by atoms with Crippen molar-refractivity contribution < 1.29 is 23.9 Å². The van der Waals surface area contributed by atoms with E-state index in [2.05, 4.69) is 10.6 Å². The lowest BCUT2D eigenvalue weighted by molar-refractivity contribution is -0.153. The molecule has 8 heteroatoms. The van der Waals surface area contributed by atoms with Crippen LogP contribution >= 0.6 is 11.6 Å². The fraction of sp³-hybridized carbons (Fsp3) is 0.500. The summed E-state index contributed by atoms with van der Waals surface area (Å²) in [4.78, 5) is 35.3. The van der Waals surface area contributed by atoms with Crippen LogP contribution in [0, 0.1) is 11.8 Å². The van der Waals surface area contributed by atoms with Gasteiger partial charge in [0.05, 0.1) is 5.92 Å². The number of carbonyl (C=O) groups excluding carboxylic acids is 3. The van der Waals surface area contributed by atoms with E-state index >= 15 is 0 Å². The molecule has 1 aromatic rings. The Bertz CT molecular complexity index is 678. The number of benzene rings is 1. The lowest BCUT2D eigenvalue weighted by Crippen LogP contribution is -2.42. The number of halogens is 1. The lowest BCUT2D eigenvalue weighted by atomic mass is 9.97. The highest BCUT2D eigenvalue weighted by molar-refractivity contribution is 6.30. The Hall–Kier alpha value is -2.28. The number of ether oxygens (including phenoxy) is 2. The molecule has 0 radical (unpaired) electrons. The summed E-state index contributed by atoms with van der Waals surface area (Å²) in [6, 6.07) is 4.61. The lowest BCUT2D eigenvalue weighted by Gasteiger charge is -2.24. The van der Waals surface area contributed by atoms with Crippen LogP contribution in [0.2, 0.25) is 5.02 Å². The predicted octanol–water partition coefficient (Wildman–Crippen LogP) is 2.31. The van der Waals surface area contributed by atoms with Crippen LogP contribution in [-0.2, 0) is 20.7 Å². The summed E-state index contributed by atoms with van der Waals surface area (Å²) < 4.78 is 10.5. The summed E-state index contributed by atoms with van der Waals surface area (Å²) in [6.07, 6.45) is 1.23. The molecule has 0 bridgehead atoms. The minimum absolute atomic E-state index is 0.171. The Balaban J connectivity index is 1.73. The van der Waals surface area contributed by atoms with E-state index in [1.807, 2.05) is 13.8 Å². The quantitative estimate of drug-likeness (QED) is 0.736. The van der Waals surface area contributed by atoms with Crippen LogP contribution in [0.5, 0.6) is 5.75 Å². The first-order chi connectivity index (χ1) is 12.3. The van der Waals surface area contributed by atoms with Crippen molar-refractivity contribution in [1.29, 1.82) is 0 Å². The van der Waals surface area contributed by atoms with E-state index in [0.29, 0.717) is 29.7 Å². The van der Waals surface area contributed by atoms with Crippen LogP contribution in [0.15, 0.2) is 18.2 Å². The highest BCUT2D eigenvalue weighted by atomic mass is 35.5. The topological polar surface area (TPSA) is 93.7 Å². The Morgan fingerprint density at radius 1 is 1.35 bits per heavy atom. The first-order valence-corrected chi connectivity index (χ1v) is 8.88. The normalized spacial score (nSPS) is 15.6. The highest BCUT2D eigenvalue weighted by Crippen LogP contribution is 2.30. The first kappa shape index (κ1) is 20.0. The van der Waals surface area contributed by atoms with Gasteiger partial charge in [-0.15, -0.1) is 0 Å². The third kappa shape index (κ3) is 6.22. The molecule has 1 heterocycles. The molecule has 1 aliphatic rings. The Labute approximate surface area is 157 Å². The molecule has 7 nitrogen and oxygen atoms in total. The maximum atomic E-state index is 12.1. The van der Waals surface area contributed by atoms with Crippen LogP contribution in [0.1, 0.15) is 25.8 Å². The van der Waals surface area contributed by atoms with Crippen molar-refractivity contribution >= 4 is 29.5 Å². The Morgan fingerprint density at radius 2 is 2.12 bits per heavy atom. The number of rotatable bonds is 6. The molecule has 1 atom stereocenters. The molecule has 0 unspecified atom stereocenters. The monoisotopic (exact) mass is 382 g/mol. The maximum Gasteiger partial charge on any atom is 0.321 e. The van der Waals surface area contributed by atoms with Gasteiger partial charge in [-0.25, -0.2) is 4.79 Å². The number of hydrogen-bond acceptors (Lipinski definition) is 5. The van der Waals surface area contributed by atoms with E-state index in [-0.39, 0.29) is 6.61 Å². The SMILES string of the molecule is CC(C)CCNC(=O)NC(=O)COC(=O)[C@H]1COc2ccc(Cl)cc2C1. The van der Waals surface area contributed by atoms with Crippen LogP contribution in [0.4, 0.5) is 4.79 Å². The van der Waals surface area contributed by atoms with Gasteiger partial charge in [-0.3, -0.25) is 14.9 Å². The third-order valence-electron chi connectivity index (χ3n) is 3.87. The van der Waals surface area contributed by atoms with Gasteiger partial charge in [0.25, 0.3) is 5.91 Å². The largest absolute Gasteiger partial charge is 0.492 e. The molecule has 0 aliphatic carbocycles. The number of nitrogens with one attached hydrogen (secondary N) is 2. The van der Waals surface area contributed by atoms with E-state index < -0.39 is 30.4 Å². The molecule has 0 spiro atoms. The second-order valence-corrected chi connectivity index (χ2v) is 6.99. The fourth-order valence-corrected chi connectivity index (χ4v) is 2.64. The molecule has 1 aliphatic heterocycles. The van der Waals surface area contributed by atoms with Gasteiger partial charge in [0.2, 0.25) is 0 Å². The van der Waals surface area contributed by atoms with Gasteiger partial charge in [0.15, 0.2) is 6.61 Å². The summed E-state index contributed by atoms with van der Waals surface area (Å²) in [7, 11) is 0. The van der Waals surface area contributed by atoms with Crippen molar-refractivity contribution in [2.75, 3.05) is 19.8 Å². The summed E-state index contributed by atoms with van der Waals surface area (Å²) in [6.45, 7) is 4.19. The minimum Gasteiger partial charge on any atom is -0.492 e. The van der Waals surface area contributed by atoms with Crippen molar-refractivity contribution in [1.82, 2.24) is 10.6 Å². The zero-order chi connectivity index (χ0) is 19.1. The van der Waals surface area contributed by atoms with Gasteiger partial charge in [0.1, 0.15) is 12.4 Å². The zero-order valence-corrected chi connectivity index (χ0v) is 15.6. The molecule has 2 rings (SSSR count). The molecule has 3 amide bonds. The maximum absolute atomic E-state index is 12.1. The number of esters is 1. The number of urea groups is 1. The van der Waals surface area contributed by atoms with E-state index in [9.17, 15) is 14.4 Å². The summed E-state index contributed by atoms with van der Waals surface area (Å²) in [5.41, 5.74) is 0.819. The van der Waals surface area contributed by atoms with Crippen molar-refractivity contribution in [3.63, 3.8) is 0 Å². The molecular weight excluding hydrogens is 360 g/mol. The van der Waals surface area contributed by atoms with Gasteiger partial charge in [-0.2, -0.15) is 0 Å². The number of hydrogen-bond donors (Lipinski definition) is 2.